The quantitative estimate of drug-likeness (QED) is 0.159. The summed E-state index contributed by atoms with van der Waals surface area (Å²) < 4.78 is 18.8. The molecule has 12 nitrogen and oxygen atoms in total. The van der Waals surface area contributed by atoms with Gasteiger partial charge in [0.25, 0.3) is 0 Å². The van der Waals surface area contributed by atoms with Crippen molar-refractivity contribution in [3.63, 3.8) is 0 Å². The Kier molecular flexibility index (Phi) is 8.52. The van der Waals surface area contributed by atoms with Gasteiger partial charge >= 0.3 is 0 Å². The Morgan fingerprint density at radius 2 is 0.455 bits per heavy atom. The van der Waals surface area contributed by atoms with E-state index < -0.39 is 0 Å². The molecule has 0 N–H and O–H groups in total. The highest BCUT2D eigenvalue weighted by atomic mass is 16.5. The minimum Gasteiger partial charge on any atom is -0.453 e. The van der Waals surface area contributed by atoms with Gasteiger partial charge in [-0.05, 0) is 91.0 Å². The maximum atomic E-state index is 6.26. The van der Waals surface area contributed by atoms with Crippen molar-refractivity contribution in [1.82, 2.24) is 29.9 Å². The molecule has 312 valence electrons. The van der Waals surface area contributed by atoms with E-state index in [2.05, 4.69) is 14.7 Å². The summed E-state index contributed by atoms with van der Waals surface area (Å²) in [6, 6.07) is 53.7. The van der Waals surface area contributed by atoms with Crippen LogP contribution in [0.2, 0.25) is 0 Å². The second kappa shape index (κ2) is 15.1. The highest BCUT2D eigenvalue weighted by Gasteiger charge is 2.29. The van der Waals surface area contributed by atoms with Gasteiger partial charge in [-0.2, -0.15) is 0 Å². The van der Waals surface area contributed by atoms with Gasteiger partial charge in [-0.25, -0.2) is 29.9 Å². The summed E-state index contributed by atoms with van der Waals surface area (Å²) in [7, 11) is 0. The van der Waals surface area contributed by atoms with Crippen LogP contribution in [0.25, 0.3) is 34.2 Å². The van der Waals surface area contributed by atoms with Gasteiger partial charge in [-0.3, -0.25) is 0 Å². The highest BCUT2D eigenvalue weighted by Crippen LogP contribution is 2.52. The van der Waals surface area contributed by atoms with Gasteiger partial charge in [0, 0.05) is 16.7 Å². The standard InChI is InChI=1S/C54H33N9O3/c1-7-19-46-40(13-1)61(41-14-2-8-20-47(41)64-46)37-28-55-52(56-29-37)34-25-35(53-57-30-38(31-58-53)62-42-15-3-9-21-48(42)65-49-22-10-4-16-43(49)62)27-36(26-34)54-59-32-39(33-60-54)63-44-17-5-11-23-50(44)66-51-24-12-6-18-45(51)63/h1-33H. The number of hydrogen-bond acceptors (Lipinski definition) is 12. The average Bonchev–Trinajstić information content (AvgIpc) is 3.39. The lowest BCUT2D eigenvalue weighted by Gasteiger charge is -2.32. The Morgan fingerprint density at radius 1 is 0.258 bits per heavy atom. The molecule has 0 spiro atoms. The molecule has 7 aromatic carbocycles. The first-order valence-electron chi connectivity index (χ1n) is 21.3. The van der Waals surface area contributed by atoms with Crippen LogP contribution in [0.15, 0.2) is 201 Å². The lowest BCUT2D eigenvalue weighted by molar-refractivity contribution is 0.476. The van der Waals surface area contributed by atoms with Gasteiger partial charge in [0.15, 0.2) is 52.0 Å². The number of nitrogens with zero attached hydrogens (tertiary/aromatic N) is 9. The first-order chi connectivity index (χ1) is 32.7. The van der Waals surface area contributed by atoms with Gasteiger partial charge in [0.05, 0.1) is 88.4 Å². The molecule has 6 heterocycles. The maximum absolute atomic E-state index is 6.26. The zero-order chi connectivity index (χ0) is 43.6. The molecule has 0 bridgehead atoms. The number of benzene rings is 7. The third kappa shape index (κ3) is 6.23. The molecule has 3 aliphatic rings. The van der Waals surface area contributed by atoms with Crippen LogP contribution in [0.3, 0.4) is 0 Å². The summed E-state index contributed by atoms with van der Waals surface area (Å²) in [6.45, 7) is 0. The Morgan fingerprint density at radius 3 is 0.667 bits per heavy atom. The fourth-order valence-electron chi connectivity index (χ4n) is 8.72. The number of anilines is 9. The van der Waals surface area contributed by atoms with Crippen molar-refractivity contribution < 1.29 is 14.2 Å². The number of fused-ring (bicyclic) bond motifs is 6. The molecule has 0 saturated carbocycles. The third-order valence-corrected chi connectivity index (χ3v) is 11.7. The minimum atomic E-state index is 0.507. The zero-order valence-corrected chi connectivity index (χ0v) is 34.8. The number of rotatable bonds is 6. The summed E-state index contributed by atoms with van der Waals surface area (Å²) in [5.74, 6) is 6.02. The van der Waals surface area contributed by atoms with Gasteiger partial charge in [-0.15, -0.1) is 0 Å². The van der Waals surface area contributed by atoms with E-state index in [0.29, 0.717) is 17.5 Å². The molecule has 0 atom stereocenters. The molecule has 0 amide bonds. The average molecular weight is 856 g/mol. The fourth-order valence-corrected chi connectivity index (χ4v) is 8.72. The predicted octanol–water partition coefficient (Wildman–Crippen LogP) is 13.8. The molecule has 3 aromatic heterocycles. The predicted molar refractivity (Wildman–Crippen MR) is 254 cm³/mol. The maximum Gasteiger partial charge on any atom is 0.159 e. The van der Waals surface area contributed by atoms with Crippen molar-refractivity contribution in [2.45, 2.75) is 0 Å². The van der Waals surface area contributed by atoms with Gasteiger partial charge in [0.1, 0.15) is 0 Å². The van der Waals surface area contributed by atoms with Crippen LogP contribution in [-0.4, -0.2) is 29.9 Å². The van der Waals surface area contributed by atoms with Crippen LogP contribution in [0.4, 0.5) is 51.2 Å². The molecule has 12 heteroatoms. The lowest BCUT2D eigenvalue weighted by atomic mass is 10.0. The normalized spacial score (nSPS) is 12.8. The van der Waals surface area contributed by atoms with E-state index in [-0.39, 0.29) is 0 Å². The molecule has 0 unspecified atom stereocenters. The molecule has 0 radical (unpaired) electrons. The smallest absolute Gasteiger partial charge is 0.159 e. The monoisotopic (exact) mass is 855 g/mol. The first-order valence-corrected chi connectivity index (χ1v) is 21.3. The molecule has 66 heavy (non-hydrogen) atoms. The van der Waals surface area contributed by atoms with Crippen LogP contribution >= 0.6 is 0 Å². The Bertz CT molecular complexity index is 2980. The first kappa shape index (κ1) is 37.2. The van der Waals surface area contributed by atoms with Crippen LogP contribution in [-0.2, 0) is 0 Å². The number of ether oxygens (including phenoxy) is 3. The molecule has 0 fully saturated rings. The van der Waals surface area contributed by atoms with E-state index in [9.17, 15) is 0 Å². The van der Waals surface area contributed by atoms with Gasteiger partial charge in [0.2, 0.25) is 0 Å². The Hall–Kier alpha value is -9.42. The second-order valence-electron chi connectivity index (χ2n) is 15.7. The van der Waals surface area contributed by atoms with E-state index in [0.717, 1.165) is 102 Å². The van der Waals surface area contributed by atoms with Crippen LogP contribution in [0.1, 0.15) is 0 Å². The summed E-state index contributed by atoms with van der Waals surface area (Å²) in [4.78, 5) is 36.1. The Labute approximate surface area is 378 Å². The van der Waals surface area contributed by atoms with Crippen LogP contribution < -0.4 is 28.9 Å². The van der Waals surface area contributed by atoms with Gasteiger partial charge < -0.3 is 28.9 Å². The topological polar surface area (TPSA) is 115 Å². The molecular weight excluding hydrogens is 823 g/mol. The molecule has 13 rings (SSSR count). The van der Waals surface area contributed by atoms with E-state index in [4.69, 9.17) is 44.1 Å². The van der Waals surface area contributed by atoms with Crippen LogP contribution in [0.5, 0.6) is 34.5 Å². The SMILES string of the molecule is c1ccc2c(c1)Oc1ccccc1N2c1cnc(-c2cc(-c3ncc(N4c5ccccc5Oc5ccccc54)cn3)cc(-c3ncc(N4c5ccccc5Oc5ccccc54)cn3)c2)nc1. The largest absolute Gasteiger partial charge is 0.453 e. The fraction of sp³-hybridized carbons (Fsp3) is 0. The number of para-hydroxylation sites is 12. The van der Waals surface area contributed by atoms with Crippen molar-refractivity contribution >= 4 is 51.2 Å². The summed E-state index contributed by atoms with van der Waals surface area (Å²) in [5, 5.41) is 0. The minimum absolute atomic E-state index is 0.507. The zero-order valence-electron chi connectivity index (χ0n) is 34.8. The van der Waals surface area contributed by atoms with E-state index in [1.54, 1.807) is 0 Å². The van der Waals surface area contributed by atoms with Crippen molar-refractivity contribution in [1.29, 1.82) is 0 Å². The van der Waals surface area contributed by atoms with E-state index in [1.165, 1.54) is 0 Å². The summed E-state index contributed by atoms with van der Waals surface area (Å²) in [5.41, 5.74) is 9.95. The van der Waals surface area contributed by atoms with E-state index in [1.807, 2.05) is 201 Å². The second-order valence-corrected chi connectivity index (χ2v) is 15.7. The summed E-state index contributed by atoms with van der Waals surface area (Å²) in [6.07, 6.45) is 11.0. The van der Waals surface area contributed by atoms with Crippen LogP contribution in [0, 0.1) is 0 Å². The molecule has 0 aliphatic carbocycles. The number of hydrogen-bond donors (Lipinski definition) is 0. The lowest BCUT2D eigenvalue weighted by Crippen LogP contribution is -2.16. The Balaban J connectivity index is 0.901. The van der Waals surface area contributed by atoms with Crippen molar-refractivity contribution in [2.24, 2.45) is 0 Å². The molecule has 10 aromatic rings. The number of aromatic nitrogens is 6. The van der Waals surface area contributed by atoms with Crippen molar-refractivity contribution in [2.75, 3.05) is 14.7 Å². The highest BCUT2D eigenvalue weighted by molar-refractivity contribution is 5.89. The molecule has 0 saturated heterocycles. The van der Waals surface area contributed by atoms with E-state index >= 15 is 0 Å². The van der Waals surface area contributed by atoms with Crippen molar-refractivity contribution in [3.05, 3.63) is 201 Å². The van der Waals surface area contributed by atoms with Crippen molar-refractivity contribution in [3.8, 4) is 68.7 Å². The third-order valence-electron chi connectivity index (χ3n) is 11.7. The molecule has 3 aliphatic heterocycles. The molecular formula is C54H33N9O3. The van der Waals surface area contributed by atoms with Gasteiger partial charge in [-0.1, -0.05) is 72.8 Å². The summed E-state index contributed by atoms with van der Waals surface area (Å²) >= 11 is 0.